The first-order valence-electron chi connectivity index (χ1n) is 8.84. The Kier molecular flexibility index (Phi) is 3.39. The van der Waals surface area contributed by atoms with E-state index in [2.05, 4.69) is 10.1 Å². The minimum Gasteiger partial charge on any atom is -0.486 e. The zero-order chi connectivity index (χ0) is 16.8. The van der Waals surface area contributed by atoms with Gasteiger partial charge in [0.05, 0.1) is 11.6 Å². The minimum absolute atomic E-state index is 0.0670. The van der Waals surface area contributed by atoms with Gasteiger partial charge in [0.2, 0.25) is 5.89 Å². The van der Waals surface area contributed by atoms with Crippen molar-refractivity contribution in [2.75, 3.05) is 19.8 Å². The summed E-state index contributed by atoms with van der Waals surface area (Å²) in [7, 11) is 0. The number of para-hydroxylation sites is 1. The number of benzene rings is 1. The molecular formula is C18H19N3O4. The van der Waals surface area contributed by atoms with Gasteiger partial charge in [-0.25, -0.2) is 0 Å². The molecule has 1 saturated carbocycles. The first-order valence-corrected chi connectivity index (χ1v) is 8.84. The van der Waals surface area contributed by atoms with E-state index in [1.165, 1.54) is 0 Å². The highest BCUT2D eigenvalue weighted by Crippen LogP contribution is 2.41. The van der Waals surface area contributed by atoms with Crippen LogP contribution in [0, 0.1) is 0 Å². The van der Waals surface area contributed by atoms with E-state index in [0.29, 0.717) is 54.5 Å². The molecule has 2 aliphatic heterocycles. The van der Waals surface area contributed by atoms with Crippen LogP contribution < -0.4 is 9.47 Å². The lowest BCUT2D eigenvalue weighted by atomic mass is 10.1. The van der Waals surface area contributed by atoms with E-state index in [1.807, 2.05) is 17.0 Å². The predicted octanol–water partition coefficient (Wildman–Crippen LogP) is 2.70. The van der Waals surface area contributed by atoms with Crippen molar-refractivity contribution in [1.29, 1.82) is 0 Å². The second-order valence-corrected chi connectivity index (χ2v) is 6.75. The van der Waals surface area contributed by atoms with Crippen LogP contribution in [0.2, 0.25) is 0 Å². The molecule has 0 spiro atoms. The Morgan fingerprint density at radius 3 is 2.92 bits per heavy atom. The molecule has 3 aliphatic rings. The Morgan fingerprint density at radius 1 is 1.16 bits per heavy atom. The number of ether oxygens (including phenoxy) is 2. The van der Waals surface area contributed by atoms with E-state index in [0.717, 1.165) is 25.7 Å². The maximum absolute atomic E-state index is 13.2. The van der Waals surface area contributed by atoms with Gasteiger partial charge >= 0.3 is 0 Å². The molecule has 0 N–H and O–H groups in total. The maximum Gasteiger partial charge on any atom is 0.258 e. The number of carbonyl (C=O) groups excluding carboxylic acids is 1. The molecule has 1 atom stereocenters. The lowest BCUT2D eigenvalue weighted by Gasteiger charge is -2.25. The number of likely N-dealkylation sites (tertiary alicyclic amines) is 1. The number of hydrogen-bond donors (Lipinski definition) is 0. The van der Waals surface area contributed by atoms with Gasteiger partial charge in [0.15, 0.2) is 17.3 Å². The predicted molar refractivity (Wildman–Crippen MR) is 86.7 cm³/mol. The molecule has 1 aromatic heterocycles. The molecule has 7 heteroatoms. The summed E-state index contributed by atoms with van der Waals surface area (Å²) in [6.07, 6.45) is 4.00. The quantitative estimate of drug-likeness (QED) is 0.854. The third kappa shape index (κ3) is 2.54. The maximum atomic E-state index is 13.2. The van der Waals surface area contributed by atoms with Crippen molar-refractivity contribution >= 4 is 5.91 Å². The summed E-state index contributed by atoms with van der Waals surface area (Å²) >= 11 is 0. The number of fused-ring (bicyclic) bond motifs is 1. The van der Waals surface area contributed by atoms with Gasteiger partial charge in [-0.05, 0) is 37.8 Å². The first-order chi connectivity index (χ1) is 12.3. The monoisotopic (exact) mass is 341 g/mol. The minimum atomic E-state index is -0.135. The third-order valence-electron chi connectivity index (χ3n) is 4.99. The topological polar surface area (TPSA) is 77.7 Å². The van der Waals surface area contributed by atoms with Crippen LogP contribution in [0.15, 0.2) is 22.7 Å². The summed E-state index contributed by atoms with van der Waals surface area (Å²) in [5.74, 6) is 2.85. The normalized spacial score (nSPS) is 22.2. The fraction of sp³-hybridized carbons (Fsp3) is 0.500. The molecule has 1 aromatic carbocycles. The van der Waals surface area contributed by atoms with Crippen LogP contribution >= 0.6 is 0 Å². The summed E-state index contributed by atoms with van der Waals surface area (Å²) in [4.78, 5) is 19.5. The molecule has 2 aromatic rings. The number of hydrogen-bond acceptors (Lipinski definition) is 6. The summed E-state index contributed by atoms with van der Waals surface area (Å²) in [6, 6.07) is 5.31. The zero-order valence-corrected chi connectivity index (χ0v) is 13.8. The van der Waals surface area contributed by atoms with Crippen LogP contribution in [-0.2, 0) is 0 Å². The Morgan fingerprint density at radius 2 is 2.04 bits per heavy atom. The molecule has 0 radical (unpaired) electrons. The lowest BCUT2D eigenvalue weighted by Crippen LogP contribution is -2.32. The standard InChI is InChI=1S/C18H19N3O4/c22-18(12-3-1-5-14-15(12)24-10-9-23-14)21-8-2-4-13(21)16-19-17(25-20-16)11-6-7-11/h1,3,5,11,13H,2,4,6-10H2/t13-/m1/s1. The average molecular weight is 341 g/mol. The Bertz CT molecular complexity index is 814. The smallest absolute Gasteiger partial charge is 0.258 e. The molecule has 0 unspecified atom stereocenters. The highest BCUT2D eigenvalue weighted by Gasteiger charge is 2.37. The summed E-state index contributed by atoms with van der Waals surface area (Å²) in [6.45, 7) is 1.64. The van der Waals surface area contributed by atoms with Crippen molar-refractivity contribution in [3.05, 3.63) is 35.5 Å². The molecule has 130 valence electrons. The molecule has 1 amide bonds. The summed E-state index contributed by atoms with van der Waals surface area (Å²) < 4.78 is 16.7. The Balaban J connectivity index is 1.44. The second kappa shape index (κ2) is 5.75. The van der Waals surface area contributed by atoms with Crippen molar-refractivity contribution in [2.45, 2.75) is 37.6 Å². The van der Waals surface area contributed by atoms with Crippen molar-refractivity contribution in [1.82, 2.24) is 15.0 Å². The molecule has 3 heterocycles. The van der Waals surface area contributed by atoms with Crippen LogP contribution in [0.1, 0.15) is 59.7 Å². The summed E-state index contributed by atoms with van der Waals surface area (Å²) in [5, 5.41) is 4.14. The molecular weight excluding hydrogens is 322 g/mol. The van der Waals surface area contributed by atoms with E-state index in [9.17, 15) is 4.79 Å². The van der Waals surface area contributed by atoms with Gasteiger partial charge in [-0.2, -0.15) is 4.98 Å². The number of aromatic nitrogens is 2. The van der Waals surface area contributed by atoms with Crippen LogP contribution in [-0.4, -0.2) is 40.7 Å². The van der Waals surface area contributed by atoms with Gasteiger partial charge in [0, 0.05) is 12.5 Å². The van der Waals surface area contributed by atoms with E-state index in [-0.39, 0.29) is 11.9 Å². The van der Waals surface area contributed by atoms with E-state index < -0.39 is 0 Å². The van der Waals surface area contributed by atoms with Crippen LogP contribution in [0.3, 0.4) is 0 Å². The van der Waals surface area contributed by atoms with Crippen LogP contribution in [0.25, 0.3) is 0 Å². The molecule has 1 aliphatic carbocycles. The molecule has 7 nitrogen and oxygen atoms in total. The SMILES string of the molecule is O=C(c1cccc2c1OCCO2)N1CCC[C@@H]1c1noc(C2CC2)n1. The number of amides is 1. The molecule has 5 rings (SSSR count). The number of carbonyl (C=O) groups is 1. The third-order valence-corrected chi connectivity index (χ3v) is 4.99. The van der Waals surface area contributed by atoms with E-state index in [1.54, 1.807) is 6.07 Å². The highest BCUT2D eigenvalue weighted by atomic mass is 16.6. The lowest BCUT2D eigenvalue weighted by molar-refractivity contribution is 0.0718. The Labute approximate surface area is 144 Å². The van der Waals surface area contributed by atoms with Gasteiger partial charge < -0.3 is 18.9 Å². The fourth-order valence-electron chi connectivity index (χ4n) is 3.55. The molecule has 0 bridgehead atoms. The van der Waals surface area contributed by atoms with E-state index >= 15 is 0 Å². The van der Waals surface area contributed by atoms with Gasteiger partial charge in [-0.3, -0.25) is 4.79 Å². The average Bonchev–Trinajstić information content (AvgIpc) is 3.19. The van der Waals surface area contributed by atoms with Crippen LogP contribution in [0.5, 0.6) is 11.5 Å². The van der Waals surface area contributed by atoms with Crippen molar-refractivity contribution in [3.8, 4) is 11.5 Å². The van der Waals surface area contributed by atoms with Gasteiger partial charge in [-0.15, -0.1) is 0 Å². The zero-order valence-electron chi connectivity index (χ0n) is 13.8. The van der Waals surface area contributed by atoms with Crippen LogP contribution in [0.4, 0.5) is 0 Å². The van der Waals surface area contributed by atoms with Gasteiger partial charge in [0.25, 0.3) is 5.91 Å². The van der Waals surface area contributed by atoms with Gasteiger partial charge in [0.1, 0.15) is 13.2 Å². The Hall–Kier alpha value is -2.57. The number of nitrogens with zero attached hydrogens (tertiary/aromatic N) is 3. The summed E-state index contributed by atoms with van der Waals surface area (Å²) in [5.41, 5.74) is 0.537. The van der Waals surface area contributed by atoms with Gasteiger partial charge in [-0.1, -0.05) is 11.2 Å². The van der Waals surface area contributed by atoms with Crippen molar-refractivity contribution in [2.24, 2.45) is 0 Å². The molecule has 1 saturated heterocycles. The molecule has 25 heavy (non-hydrogen) atoms. The first kappa shape index (κ1) is 14.7. The number of rotatable bonds is 3. The van der Waals surface area contributed by atoms with Crippen molar-refractivity contribution < 1.29 is 18.8 Å². The second-order valence-electron chi connectivity index (χ2n) is 6.75. The fourth-order valence-corrected chi connectivity index (χ4v) is 3.55. The van der Waals surface area contributed by atoms with Crippen molar-refractivity contribution in [3.63, 3.8) is 0 Å². The van der Waals surface area contributed by atoms with E-state index in [4.69, 9.17) is 14.0 Å². The highest BCUT2D eigenvalue weighted by molar-refractivity contribution is 5.98. The molecule has 2 fully saturated rings. The largest absolute Gasteiger partial charge is 0.486 e.